The molecule has 0 heterocycles. The molecule has 7 atom stereocenters. The third-order valence-corrected chi connectivity index (χ3v) is 20.8. The van der Waals surface area contributed by atoms with E-state index in [4.69, 9.17) is 0 Å². The van der Waals surface area contributed by atoms with Crippen molar-refractivity contribution in [3.8, 4) is 0 Å². The minimum Gasteiger partial charge on any atom is -0.351 e. The Bertz CT molecular complexity index is 2450. The number of aryl methyl sites for hydroxylation is 1. The topological polar surface area (TPSA) is 146 Å². The van der Waals surface area contributed by atoms with Gasteiger partial charge in [0.05, 0.1) is 0 Å². The lowest BCUT2D eigenvalue weighted by molar-refractivity contribution is -0.130. The highest BCUT2D eigenvalue weighted by atomic mass is 19.1. The van der Waals surface area contributed by atoms with Crippen LogP contribution in [-0.4, -0.2) is 57.2 Å². The van der Waals surface area contributed by atoms with Crippen molar-refractivity contribution in [2.24, 2.45) is 87.8 Å². The van der Waals surface area contributed by atoms with E-state index in [2.05, 4.69) is 186 Å². The van der Waals surface area contributed by atoms with Gasteiger partial charge in [0.15, 0.2) is 0 Å². The van der Waals surface area contributed by atoms with Crippen LogP contribution in [0.25, 0.3) is 0 Å². The van der Waals surface area contributed by atoms with Gasteiger partial charge in [-0.15, -0.1) is 0 Å². The van der Waals surface area contributed by atoms with Crippen molar-refractivity contribution in [1.82, 2.24) is 26.6 Å². The average Bonchev–Trinajstić information content (AvgIpc) is 1.78. The molecule has 5 N–H and O–H groups in total. The molecule has 0 saturated heterocycles. The molecule has 5 amide bonds. The molecular weight excluding hydrogens is 1230 g/mol. The van der Waals surface area contributed by atoms with Gasteiger partial charge in [0.2, 0.25) is 29.5 Å². The molecule has 7 unspecified atom stereocenters. The number of halogens is 2. The summed E-state index contributed by atoms with van der Waals surface area (Å²) in [5.41, 5.74) is 0.111. The van der Waals surface area contributed by atoms with Crippen LogP contribution < -0.4 is 26.6 Å². The summed E-state index contributed by atoms with van der Waals surface area (Å²) in [7, 11) is 0. The Morgan fingerprint density at radius 1 is 0.424 bits per heavy atom. The Labute approximate surface area is 609 Å². The van der Waals surface area contributed by atoms with E-state index in [1.165, 1.54) is 147 Å². The molecule has 1 aromatic rings. The first kappa shape index (κ1) is 91.5. The minimum absolute atomic E-state index is 0.0121. The summed E-state index contributed by atoms with van der Waals surface area (Å²) in [5, 5.41) is 15.7. The Morgan fingerprint density at radius 3 is 1.08 bits per heavy atom. The number of rotatable bonds is 26. The summed E-state index contributed by atoms with van der Waals surface area (Å²) in [6, 6.07) is 3.52. The Morgan fingerprint density at radius 2 is 0.747 bits per heavy atom. The van der Waals surface area contributed by atoms with E-state index in [0.29, 0.717) is 36.1 Å². The highest BCUT2D eigenvalue weighted by molar-refractivity contribution is 5.81. The summed E-state index contributed by atoms with van der Waals surface area (Å²) < 4.78 is 26.4. The van der Waals surface area contributed by atoms with E-state index >= 15 is 0 Å². The number of amides is 5. The van der Waals surface area contributed by atoms with E-state index in [9.17, 15) is 32.8 Å². The Balaban J connectivity index is 0.000000421. The maximum atomic E-state index is 13.2. The number of benzene rings is 1. The van der Waals surface area contributed by atoms with Crippen LogP contribution in [0, 0.1) is 99.4 Å². The van der Waals surface area contributed by atoms with Gasteiger partial charge in [0.1, 0.15) is 11.6 Å². The van der Waals surface area contributed by atoms with Crippen LogP contribution in [0.2, 0.25) is 0 Å². The zero-order valence-corrected chi connectivity index (χ0v) is 69.2. The maximum absolute atomic E-state index is 13.2. The first-order chi connectivity index (χ1) is 45.4. The molecule has 99 heavy (non-hydrogen) atoms. The molecule has 5 aliphatic carbocycles. The molecule has 5 aliphatic rings. The molecule has 6 rings (SSSR count). The number of hydrogen-bond acceptors (Lipinski definition) is 5. The van der Waals surface area contributed by atoms with Crippen molar-refractivity contribution in [2.75, 3.05) is 0 Å². The second-order valence-electron chi connectivity index (χ2n) is 40.4. The summed E-state index contributed by atoms with van der Waals surface area (Å²) in [6.45, 7) is 54.7. The smallest absolute Gasteiger partial charge is 0.224 e. The predicted octanol–water partition coefficient (Wildman–Crippen LogP) is 22.6. The van der Waals surface area contributed by atoms with Gasteiger partial charge in [0, 0.05) is 63.4 Å². The SMILES string of the molecule is CC(C)(C)CC(CCC1CCCC1)C(=O)NC(C)(C)C.CC(C)(C)NC(=O)C(CCC1CCCC1)C(C)(C)C.CC(C)C(CCC1CCCC1)C(=O)NC(C)(C)C.CC(C)CC(CCc1cc(F)cc(F)c1)C(=O)NC(C)(C)C.CC1CC1CC(CCC1CCCC1)C(=O)NC(C)(C)C. The fraction of sp³-hybridized carbons (Fsp3) is 0.874. The van der Waals surface area contributed by atoms with Gasteiger partial charge >= 0.3 is 0 Å². The van der Waals surface area contributed by atoms with Crippen LogP contribution >= 0.6 is 0 Å². The highest BCUT2D eigenvalue weighted by Gasteiger charge is 2.38. The summed E-state index contributed by atoms with van der Waals surface area (Å²) in [5.74, 6) is 6.52. The van der Waals surface area contributed by atoms with Crippen LogP contribution in [0.15, 0.2) is 18.2 Å². The van der Waals surface area contributed by atoms with Crippen LogP contribution in [-0.2, 0) is 30.4 Å². The number of nitrogens with one attached hydrogen (secondary N) is 5. The zero-order chi connectivity index (χ0) is 75.5. The Kier molecular flexibility index (Phi) is 39.2. The van der Waals surface area contributed by atoms with E-state index in [1.807, 2.05) is 20.8 Å². The standard InChI is InChI=1S/C18H27F2NO.C18H33NO.C18H35NO.C17H33NO.C16H31NO/c1-12(2)8-14(17(22)21-18(3,4)5)7-6-13-9-15(19)11-16(20)10-13;1-13-11-16(13)12-15(17(20)19-18(2,3)4)10-9-14-7-5-6-8-14;1-17(2,3)13-15(16(20)19-18(4,5)6)12-11-14-9-7-8-10-14;1-16(2,3)14(15(19)18-17(4,5)6)12-11-13-9-7-8-10-13;1-12(2)14(15(18)17-16(3,4)5)11-10-13-8-6-7-9-13/h9-12,14H,6-8H2,1-5H3,(H,21,22);13-16H,5-12H2,1-4H3,(H,19,20);14-15H,7-13H2,1-6H3,(H,19,20);13-14H,7-12H2,1-6H3,(H,18,19);12-14H,6-11H2,1-5H3,(H,17,18). The fourth-order valence-electron chi connectivity index (χ4n) is 15.5. The van der Waals surface area contributed by atoms with Crippen molar-refractivity contribution in [2.45, 2.75) is 400 Å². The summed E-state index contributed by atoms with van der Waals surface area (Å²) in [4.78, 5) is 62.2. The van der Waals surface area contributed by atoms with Gasteiger partial charge in [-0.05, 0) is 270 Å². The normalized spacial score (nSPS) is 19.8. The quantitative estimate of drug-likeness (QED) is 0.0627. The van der Waals surface area contributed by atoms with Crippen molar-refractivity contribution in [3.63, 3.8) is 0 Å². The van der Waals surface area contributed by atoms with Gasteiger partial charge in [-0.25, -0.2) is 8.78 Å². The molecule has 5 fully saturated rings. The van der Waals surface area contributed by atoms with Crippen LogP contribution in [0.5, 0.6) is 0 Å². The predicted molar refractivity (Wildman–Crippen MR) is 416 cm³/mol. The first-order valence-electron chi connectivity index (χ1n) is 40.4. The second-order valence-corrected chi connectivity index (χ2v) is 40.4. The van der Waals surface area contributed by atoms with Gasteiger partial charge in [-0.2, -0.15) is 0 Å². The summed E-state index contributed by atoms with van der Waals surface area (Å²) in [6.07, 6.45) is 36.7. The second kappa shape index (κ2) is 42.4. The van der Waals surface area contributed by atoms with Crippen LogP contribution in [0.3, 0.4) is 0 Å². The molecule has 0 spiro atoms. The molecule has 0 radical (unpaired) electrons. The lowest BCUT2D eigenvalue weighted by atomic mass is 9.76. The van der Waals surface area contributed by atoms with E-state index in [1.54, 1.807) is 0 Å². The summed E-state index contributed by atoms with van der Waals surface area (Å²) >= 11 is 0. The molecule has 5 saturated carbocycles. The molecular formula is C87H159F2N5O5. The van der Waals surface area contributed by atoms with Crippen LogP contribution in [0.1, 0.15) is 372 Å². The van der Waals surface area contributed by atoms with Gasteiger partial charge in [0.25, 0.3) is 0 Å². The highest BCUT2D eigenvalue weighted by Crippen LogP contribution is 2.44. The van der Waals surface area contributed by atoms with Crippen molar-refractivity contribution >= 4 is 29.5 Å². The zero-order valence-electron chi connectivity index (χ0n) is 69.2. The molecule has 1 aromatic carbocycles. The fourth-order valence-corrected chi connectivity index (χ4v) is 15.5. The monoisotopic (exact) mass is 1390 g/mol. The maximum Gasteiger partial charge on any atom is 0.224 e. The molecule has 10 nitrogen and oxygen atoms in total. The molecule has 576 valence electrons. The number of carbonyl (C=O) groups is 5. The van der Waals surface area contributed by atoms with Gasteiger partial charge in [-0.1, -0.05) is 179 Å². The minimum atomic E-state index is -0.574. The Hall–Kier alpha value is -3.57. The van der Waals surface area contributed by atoms with Crippen molar-refractivity contribution < 1.29 is 32.8 Å². The largest absolute Gasteiger partial charge is 0.351 e. The van der Waals surface area contributed by atoms with Crippen molar-refractivity contribution in [1.29, 1.82) is 0 Å². The van der Waals surface area contributed by atoms with E-state index in [0.717, 1.165) is 86.5 Å². The van der Waals surface area contributed by atoms with Crippen molar-refractivity contribution in [3.05, 3.63) is 35.4 Å². The van der Waals surface area contributed by atoms with E-state index in [-0.39, 0.29) is 91.7 Å². The number of carbonyl (C=O) groups excluding carboxylic acids is 5. The molecule has 0 aliphatic heterocycles. The van der Waals surface area contributed by atoms with Gasteiger partial charge in [-0.3, -0.25) is 24.0 Å². The third-order valence-electron chi connectivity index (χ3n) is 20.8. The van der Waals surface area contributed by atoms with Crippen LogP contribution in [0.4, 0.5) is 8.78 Å². The van der Waals surface area contributed by atoms with Gasteiger partial charge < -0.3 is 26.6 Å². The lowest BCUT2D eigenvalue weighted by Gasteiger charge is -2.33. The molecule has 12 heteroatoms. The number of hydrogen-bond donors (Lipinski definition) is 5. The van der Waals surface area contributed by atoms with E-state index < -0.39 is 11.6 Å². The molecule has 0 bridgehead atoms. The average molecular weight is 1390 g/mol. The lowest BCUT2D eigenvalue weighted by Crippen LogP contribution is -2.47. The molecule has 0 aromatic heterocycles. The third kappa shape index (κ3) is 44.0. The first-order valence-corrected chi connectivity index (χ1v) is 40.4.